The molecule has 0 atom stereocenters. The number of rotatable bonds is 6. The minimum atomic E-state index is -0.193. The van der Waals surface area contributed by atoms with Gasteiger partial charge in [0.1, 0.15) is 5.75 Å². The lowest BCUT2D eigenvalue weighted by Crippen LogP contribution is -2.53. The molecule has 0 saturated carbocycles. The van der Waals surface area contributed by atoms with Crippen molar-refractivity contribution in [2.75, 3.05) is 71.6 Å². The number of aliphatic imine (C=N–C) groups is 1. The van der Waals surface area contributed by atoms with Gasteiger partial charge < -0.3 is 29.3 Å². The lowest BCUT2D eigenvalue weighted by atomic mass is 9.94. The first-order chi connectivity index (χ1) is 13.7. The fourth-order valence-corrected chi connectivity index (χ4v) is 3.80. The van der Waals surface area contributed by atoms with E-state index < -0.39 is 0 Å². The van der Waals surface area contributed by atoms with Crippen LogP contribution in [-0.4, -0.2) is 83.2 Å². The van der Waals surface area contributed by atoms with Crippen LogP contribution in [0.1, 0.15) is 19.8 Å². The monoisotopic (exact) mass is 390 g/mol. The van der Waals surface area contributed by atoms with E-state index in [1.165, 1.54) is 5.69 Å². The van der Waals surface area contributed by atoms with E-state index in [0.29, 0.717) is 6.54 Å². The van der Waals surface area contributed by atoms with Crippen LogP contribution in [0.25, 0.3) is 0 Å². The van der Waals surface area contributed by atoms with Crippen molar-refractivity contribution in [1.29, 1.82) is 0 Å². The summed E-state index contributed by atoms with van der Waals surface area (Å²) in [7, 11) is 3.50. The number of methoxy groups -OCH3 is 2. The van der Waals surface area contributed by atoms with Gasteiger partial charge in [-0.2, -0.15) is 0 Å². The Labute approximate surface area is 168 Å². The van der Waals surface area contributed by atoms with E-state index in [2.05, 4.69) is 34.2 Å². The molecule has 28 heavy (non-hydrogen) atoms. The first-order valence-electron chi connectivity index (χ1n) is 10.2. The fourth-order valence-electron chi connectivity index (χ4n) is 3.80. The van der Waals surface area contributed by atoms with Gasteiger partial charge >= 0.3 is 0 Å². The lowest BCUT2D eigenvalue weighted by Gasteiger charge is -2.39. The van der Waals surface area contributed by atoms with Crippen LogP contribution < -0.4 is 15.0 Å². The second-order valence-corrected chi connectivity index (χ2v) is 7.35. The zero-order valence-corrected chi connectivity index (χ0v) is 17.4. The number of nitrogens with one attached hydrogen (secondary N) is 1. The summed E-state index contributed by atoms with van der Waals surface area (Å²) in [6.07, 6.45) is 1.80. The lowest BCUT2D eigenvalue weighted by molar-refractivity contribution is -0.0829. The molecular formula is C21H34N4O3. The quantitative estimate of drug-likeness (QED) is 0.592. The molecule has 7 nitrogen and oxygen atoms in total. The molecule has 1 aromatic rings. The number of nitrogens with zero attached hydrogens (tertiary/aromatic N) is 3. The van der Waals surface area contributed by atoms with E-state index in [0.717, 1.165) is 70.5 Å². The molecule has 0 radical (unpaired) electrons. The molecule has 2 heterocycles. The summed E-state index contributed by atoms with van der Waals surface area (Å²) in [6, 6.07) is 8.27. The van der Waals surface area contributed by atoms with E-state index in [9.17, 15) is 0 Å². The molecule has 0 unspecified atom stereocenters. The Kier molecular flexibility index (Phi) is 7.39. The van der Waals surface area contributed by atoms with E-state index in [1.54, 1.807) is 14.2 Å². The zero-order chi connectivity index (χ0) is 19.8. The molecule has 0 aliphatic carbocycles. The summed E-state index contributed by atoms with van der Waals surface area (Å²) < 4.78 is 16.7. The van der Waals surface area contributed by atoms with Gasteiger partial charge in [-0.15, -0.1) is 0 Å². The normalized spacial score (nSPS) is 20.2. The number of piperazine rings is 1. The Hall–Kier alpha value is -1.99. The third-order valence-corrected chi connectivity index (χ3v) is 5.69. The van der Waals surface area contributed by atoms with Crippen LogP contribution in [-0.2, 0) is 9.47 Å². The van der Waals surface area contributed by atoms with E-state index in [4.69, 9.17) is 19.2 Å². The molecule has 1 aromatic carbocycles. The second-order valence-electron chi connectivity index (χ2n) is 7.35. The molecular weight excluding hydrogens is 356 g/mol. The van der Waals surface area contributed by atoms with Crippen molar-refractivity contribution >= 4 is 11.6 Å². The van der Waals surface area contributed by atoms with Gasteiger partial charge in [0.25, 0.3) is 0 Å². The van der Waals surface area contributed by atoms with Gasteiger partial charge in [0.2, 0.25) is 0 Å². The Balaban J connectivity index is 1.62. The van der Waals surface area contributed by atoms with Crippen LogP contribution in [0.2, 0.25) is 0 Å². The highest BCUT2D eigenvalue weighted by Gasteiger charge is 2.33. The molecule has 0 spiro atoms. The van der Waals surface area contributed by atoms with Crippen molar-refractivity contribution in [3.63, 3.8) is 0 Å². The zero-order valence-electron chi connectivity index (χ0n) is 17.4. The summed E-state index contributed by atoms with van der Waals surface area (Å²) in [5.74, 6) is 1.88. The van der Waals surface area contributed by atoms with Crippen molar-refractivity contribution in [2.45, 2.75) is 25.4 Å². The fraction of sp³-hybridized carbons (Fsp3) is 0.667. The molecule has 0 amide bonds. The maximum Gasteiger partial charge on any atom is 0.194 e. The highest BCUT2D eigenvalue weighted by Crippen LogP contribution is 2.25. The van der Waals surface area contributed by atoms with E-state index in [-0.39, 0.29) is 5.60 Å². The van der Waals surface area contributed by atoms with Crippen molar-refractivity contribution in [3.8, 4) is 5.75 Å². The van der Waals surface area contributed by atoms with Crippen LogP contribution in [0, 0.1) is 0 Å². The molecule has 156 valence electrons. The topological polar surface area (TPSA) is 58.6 Å². The van der Waals surface area contributed by atoms with Crippen LogP contribution >= 0.6 is 0 Å². The molecule has 2 aliphatic heterocycles. The molecule has 2 fully saturated rings. The molecule has 1 N–H and O–H groups in total. The highest BCUT2D eigenvalue weighted by molar-refractivity contribution is 5.80. The third kappa shape index (κ3) is 5.08. The maximum atomic E-state index is 5.84. The number of benzene rings is 1. The van der Waals surface area contributed by atoms with Gasteiger partial charge in [-0.05, 0) is 19.1 Å². The van der Waals surface area contributed by atoms with Gasteiger partial charge in [-0.1, -0.05) is 6.07 Å². The second kappa shape index (κ2) is 9.98. The van der Waals surface area contributed by atoms with E-state index in [1.807, 2.05) is 12.1 Å². The smallest absolute Gasteiger partial charge is 0.194 e. The SMILES string of the molecule is CCNC(=NCC1(OC)CCOCC1)N1CCN(c2cccc(OC)c2)CC1. The summed E-state index contributed by atoms with van der Waals surface area (Å²) in [6.45, 7) is 8.93. The number of guanidine groups is 1. The van der Waals surface area contributed by atoms with Gasteiger partial charge in [0.05, 0.1) is 19.3 Å². The first-order valence-corrected chi connectivity index (χ1v) is 10.2. The number of anilines is 1. The number of ether oxygens (including phenoxy) is 3. The van der Waals surface area contributed by atoms with Gasteiger partial charge in [0.15, 0.2) is 5.96 Å². The van der Waals surface area contributed by atoms with Crippen LogP contribution in [0.5, 0.6) is 5.75 Å². The highest BCUT2D eigenvalue weighted by atomic mass is 16.5. The number of hydrogen-bond acceptors (Lipinski definition) is 5. The van der Waals surface area contributed by atoms with Crippen LogP contribution in [0.4, 0.5) is 5.69 Å². The number of hydrogen-bond donors (Lipinski definition) is 1. The Bertz CT molecular complexity index is 638. The average molecular weight is 391 g/mol. The summed E-state index contributed by atoms with van der Waals surface area (Å²) >= 11 is 0. The first kappa shape index (κ1) is 20.7. The predicted molar refractivity (Wildman–Crippen MR) is 113 cm³/mol. The van der Waals surface area contributed by atoms with Gasteiger partial charge in [-0.3, -0.25) is 4.99 Å². The molecule has 3 rings (SSSR count). The minimum absolute atomic E-state index is 0.193. The maximum absolute atomic E-state index is 5.84. The predicted octanol–water partition coefficient (Wildman–Crippen LogP) is 1.98. The third-order valence-electron chi connectivity index (χ3n) is 5.69. The van der Waals surface area contributed by atoms with Crippen molar-refractivity contribution in [2.24, 2.45) is 4.99 Å². The molecule has 2 saturated heterocycles. The Morgan fingerprint density at radius 3 is 2.57 bits per heavy atom. The summed E-state index contributed by atoms with van der Waals surface area (Å²) in [5.41, 5.74) is 1.02. The van der Waals surface area contributed by atoms with Crippen LogP contribution in [0.15, 0.2) is 29.3 Å². The standard InChI is InChI=1S/C21H34N4O3/c1-4-22-20(23-17-21(27-3)8-14-28-15-9-21)25-12-10-24(11-13-25)18-6-5-7-19(16-18)26-2/h5-7,16H,4,8-15,17H2,1-3H3,(H,22,23). The minimum Gasteiger partial charge on any atom is -0.497 e. The summed E-state index contributed by atoms with van der Waals surface area (Å²) in [4.78, 5) is 9.69. The van der Waals surface area contributed by atoms with Crippen molar-refractivity contribution < 1.29 is 14.2 Å². The molecule has 0 bridgehead atoms. The molecule has 7 heteroatoms. The van der Waals surface area contributed by atoms with Crippen molar-refractivity contribution in [3.05, 3.63) is 24.3 Å². The molecule has 0 aromatic heterocycles. The van der Waals surface area contributed by atoms with Crippen molar-refractivity contribution in [1.82, 2.24) is 10.2 Å². The largest absolute Gasteiger partial charge is 0.497 e. The Morgan fingerprint density at radius 1 is 1.18 bits per heavy atom. The molecule has 2 aliphatic rings. The van der Waals surface area contributed by atoms with Gasteiger partial charge in [0, 0.05) is 77.6 Å². The average Bonchev–Trinajstić information content (AvgIpc) is 2.77. The summed E-state index contributed by atoms with van der Waals surface area (Å²) in [5, 5.41) is 3.46. The Morgan fingerprint density at radius 2 is 1.93 bits per heavy atom. The van der Waals surface area contributed by atoms with Crippen LogP contribution in [0.3, 0.4) is 0 Å². The van der Waals surface area contributed by atoms with E-state index >= 15 is 0 Å². The van der Waals surface area contributed by atoms with Gasteiger partial charge in [-0.25, -0.2) is 0 Å².